The number of carboxylic acid groups (broad SMARTS) is 1. The highest BCUT2D eigenvalue weighted by atomic mass is 16.4. The van der Waals surface area contributed by atoms with Crippen molar-refractivity contribution in [1.82, 2.24) is 4.98 Å². The molecular weight excluding hydrogens is 244 g/mol. The molecule has 0 aliphatic rings. The molecule has 2 rings (SSSR count). The first kappa shape index (κ1) is 13.5. The normalized spacial score (nSPS) is 12.7. The lowest BCUT2D eigenvalue weighted by Crippen LogP contribution is -2.29. The first-order valence-electron chi connectivity index (χ1n) is 6.41. The number of carboxylic acids is 1. The Kier molecular flexibility index (Phi) is 4.16. The second kappa shape index (κ2) is 5.84. The fourth-order valence-corrected chi connectivity index (χ4v) is 2.06. The van der Waals surface area contributed by atoms with Crippen LogP contribution in [0.15, 0.2) is 22.6 Å². The van der Waals surface area contributed by atoms with E-state index in [9.17, 15) is 4.79 Å². The quantitative estimate of drug-likeness (QED) is 0.779. The number of fused-ring (bicyclic) bond motifs is 1. The molecule has 0 radical (unpaired) electrons. The lowest BCUT2D eigenvalue weighted by Gasteiger charge is -2.05. The lowest BCUT2D eigenvalue weighted by atomic mass is 10.0. The van der Waals surface area contributed by atoms with Crippen LogP contribution in [0.25, 0.3) is 11.1 Å². The van der Waals surface area contributed by atoms with Gasteiger partial charge in [-0.25, -0.2) is 4.98 Å². The number of hydrogen-bond donors (Lipinski definition) is 2. The van der Waals surface area contributed by atoms with Crippen molar-refractivity contribution >= 4 is 17.1 Å². The molecule has 3 N–H and O–H groups in total. The fourth-order valence-electron chi connectivity index (χ4n) is 2.06. The van der Waals surface area contributed by atoms with E-state index in [1.807, 2.05) is 25.1 Å². The average molecular weight is 262 g/mol. The van der Waals surface area contributed by atoms with Crippen molar-refractivity contribution in [3.8, 4) is 0 Å². The molecule has 102 valence electrons. The number of nitrogens with two attached hydrogens (primary N) is 1. The van der Waals surface area contributed by atoms with Crippen LogP contribution >= 0.6 is 0 Å². The molecule has 1 aromatic carbocycles. The monoisotopic (exact) mass is 262 g/mol. The summed E-state index contributed by atoms with van der Waals surface area (Å²) >= 11 is 0. The van der Waals surface area contributed by atoms with Crippen molar-refractivity contribution in [2.75, 3.05) is 0 Å². The van der Waals surface area contributed by atoms with Crippen LogP contribution in [0.5, 0.6) is 0 Å². The van der Waals surface area contributed by atoms with Gasteiger partial charge in [0.25, 0.3) is 0 Å². The standard InChI is InChI=1S/C14H18N2O3/c1-9-16-12-7-6-10(8-13(12)19-9)4-2-3-5-11(15)14(17)18/h6-8,11H,2-5,15H2,1H3,(H,17,18). The number of benzene rings is 1. The Morgan fingerprint density at radius 3 is 3.00 bits per heavy atom. The van der Waals surface area contributed by atoms with Crippen LogP contribution in [-0.4, -0.2) is 22.1 Å². The number of aromatic nitrogens is 1. The number of aliphatic carboxylic acids is 1. The fraction of sp³-hybridized carbons (Fsp3) is 0.429. The summed E-state index contributed by atoms with van der Waals surface area (Å²) in [4.78, 5) is 14.8. The van der Waals surface area contributed by atoms with E-state index in [1.54, 1.807) is 0 Å². The summed E-state index contributed by atoms with van der Waals surface area (Å²) in [6.45, 7) is 1.83. The van der Waals surface area contributed by atoms with Gasteiger partial charge >= 0.3 is 5.97 Å². The van der Waals surface area contributed by atoms with Gasteiger partial charge in [0.2, 0.25) is 0 Å². The molecule has 1 unspecified atom stereocenters. The minimum atomic E-state index is -0.932. The molecule has 0 aliphatic heterocycles. The zero-order valence-electron chi connectivity index (χ0n) is 10.9. The van der Waals surface area contributed by atoms with Gasteiger partial charge in [-0.15, -0.1) is 0 Å². The minimum absolute atomic E-state index is 0.513. The van der Waals surface area contributed by atoms with Gasteiger partial charge < -0.3 is 15.3 Å². The SMILES string of the molecule is Cc1nc2ccc(CCCCC(N)C(=O)O)cc2o1. The van der Waals surface area contributed by atoms with Crippen molar-refractivity contribution in [2.24, 2.45) is 5.73 Å². The molecule has 1 atom stereocenters. The Balaban J connectivity index is 1.86. The highest BCUT2D eigenvalue weighted by molar-refractivity contribution is 5.73. The Morgan fingerprint density at radius 1 is 1.47 bits per heavy atom. The maximum Gasteiger partial charge on any atom is 0.320 e. The molecule has 5 heteroatoms. The number of carbonyl (C=O) groups is 1. The Hall–Kier alpha value is -1.88. The van der Waals surface area contributed by atoms with Crippen LogP contribution < -0.4 is 5.73 Å². The number of nitrogens with zero attached hydrogens (tertiary/aromatic N) is 1. The van der Waals surface area contributed by atoms with E-state index in [4.69, 9.17) is 15.3 Å². The van der Waals surface area contributed by atoms with E-state index in [0.717, 1.165) is 30.4 Å². The molecule has 1 heterocycles. The number of rotatable bonds is 6. The van der Waals surface area contributed by atoms with Gasteiger partial charge in [-0.2, -0.15) is 0 Å². The molecule has 0 saturated heterocycles. The van der Waals surface area contributed by atoms with Gasteiger partial charge in [0.15, 0.2) is 11.5 Å². The maximum absolute atomic E-state index is 10.6. The van der Waals surface area contributed by atoms with Crippen LogP contribution in [0.1, 0.15) is 30.7 Å². The van der Waals surface area contributed by atoms with Crippen molar-refractivity contribution in [1.29, 1.82) is 0 Å². The molecule has 1 aromatic heterocycles. The third-order valence-electron chi connectivity index (χ3n) is 3.11. The largest absolute Gasteiger partial charge is 0.480 e. The third-order valence-corrected chi connectivity index (χ3v) is 3.11. The van der Waals surface area contributed by atoms with E-state index in [-0.39, 0.29) is 0 Å². The second-order valence-corrected chi connectivity index (χ2v) is 4.73. The maximum atomic E-state index is 10.6. The number of aryl methyl sites for hydroxylation is 2. The van der Waals surface area contributed by atoms with Gasteiger partial charge in [0.05, 0.1) is 0 Å². The van der Waals surface area contributed by atoms with Crippen LogP contribution in [0.4, 0.5) is 0 Å². The number of hydrogen-bond acceptors (Lipinski definition) is 4. The first-order valence-corrected chi connectivity index (χ1v) is 6.41. The molecule has 0 saturated carbocycles. The van der Waals surface area contributed by atoms with E-state index in [1.165, 1.54) is 5.56 Å². The molecule has 0 fully saturated rings. The molecular formula is C14H18N2O3. The topological polar surface area (TPSA) is 89.3 Å². The highest BCUT2D eigenvalue weighted by Gasteiger charge is 2.10. The third kappa shape index (κ3) is 3.54. The Morgan fingerprint density at radius 2 is 2.26 bits per heavy atom. The Bertz CT molecular complexity index is 577. The molecule has 0 spiro atoms. The van der Waals surface area contributed by atoms with E-state index >= 15 is 0 Å². The number of unbranched alkanes of at least 4 members (excludes halogenated alkanes) is 1. The zero-order chi connectivity index (χ0) is 13.8. The van der Waals surface area contributed by atoms with Gasteiger partial charge in [-0.1, -0.05) is 12.5 Å². The smallest absolute Gasteiger partial charge is 0.320 e. The molecule has 0 amide bonds. The predicted molar refractivity (Wildman–Crippen MR) is 71.9 cm³/mol. The van der Waals surface area contributed by atoms with E-state index < -0.39 is 12.0 Å². The summed E-state index contributed by atoms with van der Waals surface area (Å²) in [6, 6.07) is 5.22. The molecule has 0 aliphatic carbocycles. The minimum Gasteiger partial charge on any atom is -0.480 e. The summed E-state index contributed by atoms with van der Waals surface area (Å²) in [5.41, 5.74) is 8.30. The summed E-state index contributed by atoms with van der Waals surface area (Å²) in [7, 11) is 0. The first-order chi connectivity index (χ1) is 9.06. The zero-order valence-corrected chi connectivity index (χ0v) is 10.9. The van der Waals surface area contributed by atoms with Gasteiger partial charge in [0, 0.05) is 6.92 Å². The van der Waals surface area contributed by atoms with Crippen LogP contribution in [0.2, 0.25) is 0 Å². The van der Waals surface area contributed by atoms with Crippen molar-refractivity contribution < 1.29 is 14.3 Å². The van der Waals surface area contributed by atoms with Crippen LogP contribution in [-0.2, 0) is 11.2 Å². The average Bonchev–Trinajstić information content (AvgIpc) is 2.73. The van der Waals surface area contributed by atoms with E-state index in [0.29, 0.717) is 12.3 Å². The van der Waals surface area contributed by atoms with Crippen LogP contribution in [0, 0.1) is 6.92 Å². The van der Waals surface area contributed by atoms with E-state index in [2.05, 4.69) is 4.98 Å². The van der Waals surface area contributed by atoms with Gasteiger partial charge in [0.1, 0.15) is 11.6 Å². The highest BCUT2D eigenvalue weighted by Crippen LogP contribution is 2.18. The second-order valence-electron chi connectivity index (χ2n) is 4.73. The molecule has 0 bridgehead atoms. The van der Waals surface area contributed by atoms with Crippen molar-refractivity contribution in [3.63, 3.8) is 0 Å². The van der Waals surface area contributed by atoms with Gasteiger partial charge in [-0.3, -0.25) is 4.79 Å². The van der Waals surface area contributed by atoms with Crippen LogP contribution in [0.3, 0.4) is 0 Å². The van der Waals surface area contributed by atoms with Crippen molar-refractivity contribution in [2.45, 2.75) is 38.6 Å². The predicted octanol–water partition coefficient (Wildman–Crippen LogP) is 2.26. The lowest BCUT2D eigenvalue weighted by molar-refractivity contribution is -0.138. The summed E-state index contributed by atoms with van der Waals surface area (Å²) in [6.07, 6.45) is 3.13. The molecule has 2 aromatic rings. The molecule has 19 heavy (non-hydrogen) atoms. The summed E-state index contributed by atoms with van der Waals surface area (Å²) in [5, 5.41) is 8.67. The van der Waals surface area contributed by atoms with Crippen molar-refractivity contribution in [3.05, 3.63) is 29.7 Å². The summed E-state index contributed by atoms with van der Waals surface area (Å²) < 4.78 is 5.48. The molecule has 5 nitrogen and oxygen atoms in total. The Labute approximate surface area is 111 Å². The number of oxazole rings is 1. The van der Waals surface area contributed by atoms with Gasteiger partial charge in [-0.05, 0) is 37.0 Å². The summed E-state index contributed by atoms with van der Waals surface area (Å²) in [5.74, 6) is -0.266.